The van der Waals surface area contributed by atoms with E-state index in [2.05, 4.69) is 24.1 Å². The van der Waals surface area contributed by atoms with E-state index >= 15 is 0 Å². The maximum atomic E-state index is 6.07. The molecule has 0 aromatic carbocycles. The molecule has 1 aromatic heterocycles. The Hall–Kier alpha value is -0.760. The van der Waals surface area contributed by atoms with E-state index in [9.17, 15) is 0 Å². The molecular weight excluding hydrogens is 208 g/mol. The van der Waals surface area contributed by atoms with E-state index in [1.54, 1.807) is 12.4 Å². The lowest BCUT2D eigenvalue weighted by Gasteiger charge is -2.19. The van der Waals surface area contributed by atoms with Crippen LogP contribution >= 0.6 is 11.6 Å². The molecule has 2 nitrogen and oxygen atoms in total. The van der Waals surface area contributed by atoms with Crippen LogP contribution in [0.5, 0.6) is 0 Å². The van der Waals surface area contributed by atoms with Crippen LogP contribution in [0.2, 0.25) is 5.02 Å². The predicted octanol–water partition coefficient (Wildman–Crippen LogP) is 4.12. The summed E-state index contributed by atoms with van der Waals surface area (Å²) in [5.41, 5.74) is 0.950. The van der Waals surface area contributed by atoms with Crippen molar-refractivity contribution in [2.75, 3.05) is 5.32 Å². The average Bonchev–Trinajstić information content (AvgIpc) is 2.22. The summed E-state index contributed by atoms with van der Waals surface area (Å²) < 4.78 is 0. The van der Waals surface area contributed by atoms with Gasteiger partial charge in [-0.25, -0.2) is 0 Å². The summed E-state index contributed by atoms with van der Waals surface area (Å²) in [4.78, 5) is 4.07. The van der Waals surface area contributed by atoms with Crippen LogP contribution in [0.1, 0.15) is 39.5 Å². The van der Waals surface area contributed by atoms with Gasteiger partial charge in [-0.05, 0) is 18.9 Å². The lowest BCUT2D eigenvalue weighted by molar-refractivity contribution is 0.586. The fourth-order valence-electron chi connectivity index (χ4n) is 1.69. The Labute approximate surface area is 97.1 Å². The van der Waals surface area contributed by atoms with Gasteiger partial charge in [0.15, 0.2) is 0 Å². The highest BCUT2D eigenvalue weighted by atomic mass is 35.5. The summed E-state index contributed by atoms with van der Waals surface area (Å²) in [7, 11) is 0. The first kappa shape index (κ1) is 12.3. The van der Waals surface area contributed by atoms with Gasteiger partial charge >= 0.3 is 0 Å². The number of pyridine rings is 1. The van der Waals surface area contributed by atoms with Crippen LogP contribution in [-0.2, 0) is 0 Å². The minimum atomic E-state index is 0.515. The zero-order valence-corrected chi connectivity index (χ0v) is 10.2. The van der Waals surface area contributed by atoms with Crippen molar-refractivity contribution in [3.05, 3.63) is 23.5 Å². The highest BCUT2D eigenvalue weighted by molar-refractivity contribution is 6.33. The molecule has 3 heteroatoms. The maximum Gasteiger partial charge on any atom is 0.0718 e. The normalized spacial score (nSPS) is 10.7. The Morgan fingerprint density at radius 2 is 2.00 bits per heavy atom. The van der Waals surface area contributed by atoms with Gasteiger partial charge in [-0.2, -0.15) is 0 Å². The van der Waals surface area contributed by atoms with E-state index in [-0.39, 0.29) is 0 Å². The van der Waals surface area contributed by atoms with Gasteiger partial charge in [0.05, 0.1) is 16.9 Å². The lowest BCUT2D eigenvalue weighted by Crippen LogP contribution is -2.19. The SMILES string of the molecule is CCCC(CCC)Nc1cnccc1Cl. The van der Waals surface area contributed by atoms with Crippen molar-refractivity contribution in [2.24, 2.45) is 0 Å². The Morgan fingerprint density at radius 1 is 1.33 bits per heavy atom. The van der Waals surface area contributed by atoms with Crippen LogP contribution < -0.4 is 5.32 Å². The number of nitrogens with one attached hydrogen (secondary N) is 1. The van der Waals surface area contributed by atoms with Crippen molar-refractivity contribution in [3.8, 4) is 0 Å². The Morgan fingerprint density at radius 3 is 2.53 bits per heavy atom. The number of rotatable bonds is 6. The summed E-state index contributed by atoms with van der Waals surface area (Å²) in [5.74, 6) is 0. The molecular formula is C12H19ClN2. The summed E-state index contributed by atoms with van der Waals surface area (Å²) in [6, 6.07) is 2.33. The molecule has 0 bridgehead atoms. The van der Waals surface area contributed by atoms with Crippen LogP contribution in [0, 0.1) is 0 Å². The fraction of sp³-hybridized carbons (Fsp3) is 0.583. The van der Waals surface area contributed by atoms with Crippen LogP contribution in [0.15, 0.2) is 18.5 Å². The molecule has 0 aliphatic rings. The Kier molecular flexibility index (Phi) is 5.48. The molecule has 0 radical (unpaired) electrons. The third-order valence-electron chi connectivity index (χ3n) is 2.40. The number of halogens is 1. The van der Waals surface area contributed by atoms with Gasteiger partial charge in [0, 0.05) is 12.2 Å². The van der Waals surface area contributed by atoms with Crippen molar-refractivity contribution in [2.45, 2.75) is 45.6 Å². The van der Waals surface area contributed by atoms with Gasteiger partial charge in [-0.1, -0.05) is 38.3 Å². The van der Waals surface area contributed by atoms with Crippen LogP contribution in [-0.4, -0.2) is 11.0 Å². The minimum Gasteiger partial charge on any atom is -0.380 e. The van der Waals surface area contributed by atoms with E-state index in [1.165, 1.54) is 25.7 Å². The second kappa shape index (κ2) is 6.67. The Balaban J connectivity index is 2.60. The molecule has 0 spiro atoms. The van der Waals surface area contributed by atoms with Gasteiger partial charge in [-0.15, -0.1) is 0 Å². The number of nitrogens with zero attached hydrogens (tertiary/aromatic N) is 1. The first-order valence-corrected chi connectivity index (χ1v) is 6.01. The zero-order valence-electron chi connectivity index (χ0n) is 9.46. The largest absolute Gasteiger partial charge is 0.380 e. The quantitative estimate of drug-likeness (QED) is 0.790. The molecule has 0 amide bonds. The molecule has 1 heterocycles. The molecule has 84 valence electrons. The van der Waals surface area contributed by atoms with E-state index < -0.39 is 0 Å². The molecule has 0 unspecified atom stereocenters. The number of aromatic nitrogens is 1. The van der Waals surface area contributed by atoms with Crippen LogP contribution in [0.25, 0.3) is 0 Å². The topological polar surface area (TPSA) is 24.9 Å². The fourth-order valence-corrected chi connectivity index (χ4v) is 1.85. The van der Waals surface area contributed by atoms with E-state index in [4.69, 9.17) is 11.6 Å². The van der Waals surface area contributed by atoms with Gasteiger partial charge in [0.2, 0.25) is 0 Å². The zero-order chi connectivity index (χ0) is 11.1. The van der Waals surface area contributed by atoms with Crippen molar-refractivity contribution in [1.82, 2.24) is 4.98 Å². The average molecular weight is 227 g/mol. The summed E-state index contributed by atoms with van der Waals surface area (Å²) in [6.45, 7) is 4.41. The highest BCUT2D eigenvalue weighted by Crippen LogP contribution is 2.22. The summed E-state index contributed by atoms with van der Waals surface area (Å²) in [6.07, 6.45) is 8.24. The van der Waals surface area contributed by atoms with Gasteiger partial charge in [-0.3, -0.25) is 4.98 Å². The van der Waals surface area contributed by atoms with Gasteiger partial charge < -0.3 is 5.32 Å². The molecule has 15 heavy (non-hydrogen) atoms. The number of hydrogen-bond donors (Lipinski definition) is 1. The minimum absolute atomic E-state index is 0.515. The molecule has 0 atom stereocenters. The van der Waals surface area contributed by atoms with Crippen molar-refractivity contribution >= 4 is 17.3 Å². The molecule has 0 aliphatic carbocycles. The van der Waals surface area contributed by atoms with E-state index in [0.717, 1.165) is 10.7 Å². The second-order valence-electron chi connectivity index (χ2n) is 3.77. The first-order valence-electron chi connectivity index (χ1n) is 5.64. The number of anilines is 1. The van der Waals surface area contributed by atoms with Crippen LogP contribution in [0.3, 0.4) is 0 Å². The molecule has 0 saturated heterocycles. The predicted molar refractivity (Wildman–Crippen MR) is 66.5 cm³/mol. The monoisotopic (exact) mass is 226 g/mol. The smallest absolute Gasteiger partial charge is 0.0718 e. The molecule has 0 aliphatic heterocycles. The third-order valence-corrected chi connectivity index (χ3v) is 2.73. The van der Waals surface area contributed by atoms with Crippen molar-refractivity contribution < 1.29 is 0 Å². The maximum absolute atomic E-state index is 6.07. The number of hydrogen-bond acceptors (Lipinski definition) is 2. The molecule has 1 N–H and O–H groups in total. The Bertz CT molecular complexity index is 283. The first-order chi connectivity index (χ1) is 7.27. The van der Waals surface area contributed by atoms with Crippen molar-refractivity contribution in [3.63, 3.8) is 0 Å². The molecule has 1 rings (SSSR count). The summed E-state index contributed by atoms with van der Waals surface area (Å²) in [5, 5.41) is 4.21. The molecule has 1 aromatic rings. The van der Waals surface area contributed by atoms with E-state index in [1.807, 2.05) is 6.07 Å². The molecule has 0 saturated carbocycles. The standard InChI is InChI=1S/C12H19ClN2/c1-3-5-10(6-4-2)15-12-9-14-8-7-11(12)13/h7-10,15H,3-6H2,1-2H3. The van der Waals surface area contributed by atoms with Crippen LogP contribution in [0.4, 0.5) is 5.69 Å². The van der Waals surface area contributed by atoms with Crippen molar-refractivity contribution in [1.29, 1.82) is 0 Å². The highest BCUT2D eigenvalue weighted by Gasteiger charge is 2.08. The van der Waals surface area contributed by atoms with Gasteiger partial charge in [0.1, 0.15) is 0 Å². The van der Waals surface area contributed by atoms with E-state index in [0.29, 0.717) is 6.04 Å². The second-order valence-corrected chi connectivity index (χ2v) is 4.18. The molecule has 0 fully saturated rings. The van der Waals surface area contributed by atoms with Gasteiger partial charge in [0.25, 0.3) is 0 Å². The third kappa shape index (κ3) is 4.08. The lowest BCUT2D eigenvalue weighted by atomic mass is 10.1. The summed E-state index contributed by atoms with van der Waals surface area (Å²) >= 11 is 6.07.